The molecule has 0 unspecified atom stereocenters. The van der Waals surface area contributed by atoms with Crippen molar-refractivity contribution in [3.05, 3.63) is 54.1 Å². The molecule has 2 N–H and O–H groups in total. The highest BCUT2D eigenvalue weighted by Gasteiger charge is 2.09. The fourth-order valence-electron chi connectivity index (χ4n) is 1.92. The molecule has 5 heteroatoms. The lowest BCUT2D eigenvalue weighted by Crippen LogP contribution is -1.94. The summed E-state index contributed by atoms with van der Waals surface area (Å²) in [7, 11) is 0. The number of nitrogen functional groups attached to an aromatic ring is 1. The molecule has 3 aromatic rings. The predicted molar refractivity (Wildman–Crippen MR) is 75.2 cm³/mol. The van der Waals surface area contributed by atoms with Crippen molar-refractivity contribution < 1.29 is 9.13 Å². The summed E-state index contributed by atoms with van der Waals surface area (Å²) in [5, 5.41) is 0.691. The third-order valence-electron chi connectivity index (χ3n) is 2.98. The minimum atomic E-state index is -0.358. The zero-order valence-electron chi connectivity index (χ0n) is 10.8. The smallest absolute Gasteiger partial charge is 0.230 e. The topological polar surface area (TPSA) is 61.0 Å². The number of ether oxygens (including phenoxy) is 1. The standard InChI is InChI=1S/C15H12FN3O/c1-9-2-3-10(16)6-14(9)20-15-12-7-11(17)4-5-13(12)18-8-19-15/h2-8H,17H2,1H3. The Morgan fingerprint density at radius 2 is 1.95 bits per heavy atom. The second kappa shape index (κ2) is 4.77. The SMILES string of the molecule is Cc1ccc(F)cc1Oc1ncnc2ccc(N)cc12. The number of rotatable bonds is 2. The predicted octanol–water partition coefficient (Wildman–Crippen LogP) is 3.45. The number of hydrogen-bond donors (Lipinski definition) is 1. The summed E-state index contributed by atoms with van der Waals surface area (Å²) >= 11 is 0. The number of nitrogens with zero attached hydrogens (tertiary/aromatic N) is 2. The van der Waals surface area contributed by atoms with Gasteiger partial charge in [0.2, 0.25) is 5.88 Å². The van der Waals surface area contributed by atoms with Crippen molar-refractivity contribution in [2.24, 2.45) is 0 Å². The lowest BCUT2D eigenvalue weighted by molar-refractivity contribution is 0.459. The van der Waals surface area contributed by atoms with Gasteiger partial charge in [-0.1, -0.05) is 6.07 Å². The molecule has 20 heavy (non-hydrogen) atoms. The van der Waals surface area contributed by atoms with E-state index in [-0.39, 0.29) is 5.82 Å². The Balaban J connectivity index is 2.10. The van der Waals surface area contributed by atoms with Crippen molar-refractivity contribution in [3.8, 4) is 11.6 Å². The third kappa shape index (κ3) is 2.25. The monoisotopic (exact) mass is 269 g/mol. The molecule has 3 rings (SSSR count). The van der Waals surface area contributed by atoms with Crippen LogP contribution in [0.5, 0.6) is 11.6 Å². The fourth-order valence-corrected chi connectivity index (χ4v) is 1.92. The molecular weight excluding hydrogens is 257 g/mol. The van der Waals surface area contributed by atoms with Crippen LogP contribution in [0, 0.1) is 12.7 Å². The number of fused-ring (bicyclic) bond motifs is 1. The van der Waals surface area contributed by atoms with Crippen molar-refractivity contribution in [1.82, 2.24) is 9.97 Å². The van der Waals surface area contributed by atoms with Crippen molar-refractivity contribution in [3.63, 3.8) is 0 Å². The van der Waals surface area contributed by atoms with Crippen LogP contribution in [0.3, 0.4) is 0 Å². The zero-order valence-corrected chi connectivity index (χ0v) is 10.8. The van der Waals surface area contributed by atoms with Gasteiger partial charge in [-0.3, -0.25) is 0 Å². The van der Waals surface area contributed by atoms with Gasteiger partial charge in [0.15, 0.2) is 0 Å². The summed E-state index contributed by atoms with van der Waals surface area (Å²) in [6, 6.07) is 9.65. The van der Waals surface area contributed by atoms with E-state index in [0.29, 0.717) is 22.7 Å². The molecule has 1 aromatic heterocycles. The van der Waals surface area contributed by atoms with Crippen LogP contribution in [-0.4, -0.2) is 9.97 Å². The number of benzene rings is 2. The average Bonchev–Trinajstić information content (AvgIpc) is 2.43. The highest BCUT2D eigenvalue weighted by molar-refractivity contribution is 5.86. The highest BCUT2D eigenvalue weighted by atomic mass is 19.1. The Morgan fingerprint density at radius 3 is 2.80 bits per heavy atom. The third-order valence-corrected chi connectivity index (χ3v) is 2.98. The van der Waals surface area contributed by atoms with Crippen molar-refractivity contribution in [2.75, 3.05) is 5.73 Å². The molecule has 0 aliphatic rings. The Labute approximate surface area is 115 Å². The van der Waals surface area contributed by atoms with Gasteiger partial charge in [0, 0.05) is 11.8 Å². The molecule has 1 heterocycles. The largest absolute Gasteiger partial charge is 0.438 e. The minimum absolute atomic E-state index is 0.357. The first-order chi connectivity index (χ1) is 9.63. The summed E-state index contributed by atoms with van der Waals surface area (Å²) in [4.78, 5) is 8.25. The summed E-state index contributed by atoms with van der Waals surface area (Å²) in [6.45, 7) is 1.84. The van der Waals surface area contributed by atoms with Gasteiger partial charge in [-0.2, -0.15) is 0 Å². The van der Waals surface area contributed by atoms with Crippen LogP contribution in [0.2, 0.25) is 0 Å². The number of anilines is 1. The molecule has 0 spiro atoms. The maximum Gasteiger partial charge on any atom is 0.230 e. The van der Waals surface area contributed by atoms with Gasteiger partial charge in [-0.15, -0.1) is 0 Å². The van der Waals surface area contributed by atoms with Crippen molar-refractivity contribution in [2.45, 2.75) is 6.92 Å². The summed E-state index contributed by atoms with van der Waals surface area (Å²) in [5.41, 5.74) is 7.90. The Bertz CT molecular complexity index is 789. The molecular formula is C15H12FN3O. The van der Waals surface area contributed by atoms with Crippen LogP contribution < -0.4 is 10.5 Å². The molecule has 0 fully saturated rings. The molecule has 100 valence electrons. The van der Waals surface area contributed by atoms with Gasteiger partial charge in [0.1, 0.15) is 17.9 Å². The molecule has 0 amide bonds. The Kier molecular flexibility index (Phi) is 2.95. The van der Waals surface area contributed by atoms with E-state index in [1.165, 1.54) is 18.5 Å². The maximum absolute atomic E-state index is 13.3. The van der Waals surface area contributed by atoms with E-state index in [9.17, 15) is 4.39 Å². The van der Waals surface area contributed by atoms with E-state index >= 15 is 0 Å². The van der Waals surface area contributed by atoms with Gasteiger partial charge in [0.05, 0.1) is 10.9 Å². The first-order valence-corrected chi connectivity index (χ1v) is 6.08. The van der Waals surface area contributed by atoms with Gasteiger partial charge in [-0.05, 0) is 36.8 Å². The maximum atomic E-state index is 13.3. The lowest BCUT2D eigenvalue weighted by atomic mass is 10.2. The van der Waals surface area contributed by atoms with Crippen LogP contribution in [0.1, 0.15) is 5.56 Å². The molecule has 0 bridgehead atoms. The quantitative estimate of drug-likeness (QED) is 0.724. The fraction of sp³-hybridized carbons (Fsp3) is 0.0667. The Morgan fingerprint density at radius 1 is 1.10 bits per heavy atom. The van der Waals surface area contributed by atoms with Crippen LogP contribution >= 0.6 is 0 Å². The van der Waals surface area contributed by atoms with Crippen LogP contribution in [0.15, 0.2) is 42.7 Å². The highest BCUT2D eigenvalue weighted by Crippen LogP contribution is 2.30. The Hall–Kier alpha value is -2.69. The summed E-state index contributed by atoms with van der Waals surface area (Å²) in [6.07, 6.45) is 1.41. The van der Waals surface area contributed by atoms with E-state index in [4.69, 9.17) is 10.5 Å². The second-order valence-electron chi connectivity index (χ2n) is 4.47. The number of aromatic nitrogens is 2. The first kappa shape index (κ1) is 12.3. The van der Waals surface area contributed by atoms with Gasteiger partial charge >= 0.3 is 0 Å². The van der Waals surface area contributed by atoms with Crippen LogP contribution in [0.4, 0.5) is 10.1 Å². The molecule has 0 saturated carbocycles. The van der Waals surface area contributed by atoms with E-state index < -0.39 is 0 Å². The van der Waals surface area contributed by atoms with Gasteiger partial charge in [-0.25, -0.2) is 14.4 Å². The second-order valence-corrected chi connectivity index (χ2v) is 4.47. The number of nitrogens with two attached hydrogens (primary N) is 1. The number of aryl methyl sites for hydroxylation is 1. The van der Waals surface area contributed by atoms with E-state index in [1.54, 1.807) is 24.3 Å². The average molecular weight is 269 g/mol. The number of hydrogen-bond acceptors (Lipinski definition) is 4. The first-order valence-electron chi connectivity index (χ1n) is 6.08. The van der Waals surface area contributed by atoms with E-state index in [2.05, 4.69) is 9.97 Å². The van der Waals surface area contributed by atoms with E-state index in [0.717, 1.165) is 11.1 Å². The molecule has 0 aliphatic heterocycles. The van der Waals surface area contributed by atoms with Gasteiger partial charge in [0.25, 0.3) is 0 Å². The number of halogens is 1. The molecule has 0 radical (unpaired) electrons. The molecule has 4 nitrogen and oxygen atoms in total. The van der Waals surface area contributed by atoms with Crippen molar-refractivity contribution in [1.29, 1.82) is 0 Å². The summed E-state index contributed by atoms with van der Waals surface area (Å²) < 4.78 is 19.0. The zero-order chi connectivity index (χ0) is 14.1. The lowest BCUT2D eigenvalue weighted by Gasteiger charge is -2.10. The van der Waals surface area contributed by atoms with Crippen LogP contribution in [-0.2, 0) is 0 Å². The van der Waals surface area contributed by atoms with E-state index in [1.807, 2.05) is 6.92 Å². The molecule has 0 atom stereocenters. The molecule has 0 saturated heterocycles. The minimum Gasteiger partial charge on any atom is -0.438 e. The van der Waals surface area contributed by atoms with Crippen LogP contribution in [0.25, 0.3) is 10.9 Å². The molecule has 2 aromatic carbocycles. The molecule has 0 aliphatic carbocycles. The normalized spacial score (nSPS) is 10.7. The van der Waals surface area contributed by atoms with Crippen molar-refractivity contribution >= 4 is 16.6 Å². The summed E-state index contributed by atoms with van der Waals surface area (Å²) in [5.74, 6) is 0.423. The van der Waals surface area contributed by atoms with Gasteiger partial charge < -0.3 is 10.5 Å².